The maximum Gasteiger partial charge on any atom is 0.267 e. The Hall–Kier alpha value is -2.57. The SMILES string of the molecule is CC1Oc2ccccc2OC1C(=O)N(C)Cc1nnc2n1CCC2. The van der Waals surface area contributed by atoms with Crippen LogP contribution in [0.15, 0.2) is 24.3 Å². The van der Waals surface area contributed by atoms with E-state index in [9.17, 15) is 4.79 Å². The minimum absolute atomic E-state index is 0.118. The number of aryl methyl sites for hydroxylation is 1. The molecule has 0 radical (unpaired) electrons. The summed E-state index contributed by atoms with van der Waals surface area (Å²) in [5.74, 6) is 2.98. The van der Waals surface area contributed by atoms with Gasteiger partial charge in [0.15, 0.2) is 17.3 Å². The maximum absolute atomic E-state index is 12.8. The van der Waals surface area contributed by atoms with Crippen LogP contribution in [0.5, 0.6) is 11.5 Å². The van der Waals surface area contributed by atoms with E-state index < -0.39 is 6.10 Å². The summed E-state index contributed by atoms with van der Waals surface area (Å²) in [6, 6.07) is 7.40. The minimum Gasteiger partial charge on any atom is -0.482 e. The second-order valence-corrected chi connectivity index (χ2v) is 6.29. The van der Waals surface area contributed by atoms with Gasteiger partial charge in [-0.2, -0.15) is 0 Å². The minimum atomic E-state index is -0.661. The highest BCUT2D eigenvalue weighted by molar-refractivity contribution is 5.82. The van der Waals surface area contributed by atoms with Crippen molar-refractivity contribution in [2.75, 3.05) is 7.05 Å². The molecule has 4 rings (SSSR count). The Labute approximate surface area is 140 Å². The fraction of sp³-hybridized carbons (Fsp3) is 0.471. The molecule has 2 aliphatic rings. The van der Waals surface area contributed by atoms with E-state index in [1.807, 2.05) is 31.2 Å². The topological polar surface area (TPSA) is 69.5 Å². The lowest BCUT2D eigenvalue weighted by atomic mass is 10.1. The van der Waals surface area contributed by atoms with Crippen LogP contribution in [0.1, 0.15) is 25.0 Å². The second-order valence-electron chi connectivity index (χ2n) is 6.29. The third kappa shape index (κ3) is 2.50. The van der Waals surface area contributed by atoms with Gasteiger partial charge in [-0.25, -0.2) is 0 Å². The van der Waals surface area contributed by atoms with Crippen molar-refractivity contribution in [3.63, 3.8) is 0 Å². The molecule has 3 heterocycles. The Bertz CT molecular complexity index is 773. The highest BCUT2D eigenvalue weighted by Gasteiger charge is 2.36. The predicted octanol–water partition coefficient (Wildman–Crippen LogP) is 1.41. The van der Waals surface area contributed by atoms with Crippen molar-refractivity contribution in [2.24, 2.45) is 0 Å². The summed E-state index contributed by atoms with van der Waals surface area (Å²) in [7, 11) is 1.76. The molecule has 7 nitrogen and oxygen atoms in total. The van der Waals surface area contributed by atoms with E-state index in [0.717, 1.165) is 31.0 Å². The molecule has 0 aliphatic carbocycles. The third-order valence-corrected chi connectivity index (χ3v) is 4.53. The summed E-state index contributed by atoms with van der Waals surface area (Å²) in [5.41, 5.74) is 0. The van der Waals surface area contributed by atoms with E-state index in [2.05, 4.69) is 14.8 Å². The molecule has 2 unspecified atom stereocenters. The van der Waals surface area contributed by atoms with Gasteiger partial charge in [0.25, 0.3) is 5.91 Å². The first kappa shape index (κ1) is 15.0. The lowest BCUT2D eigenvalue weighted by molar-refractivity contribution is -0.143. The van der Waals surface area contributed by atoms with Gasteiger partial charge in [0, 0.05) is 20.0 Å². The third-order valence-electron chi connectivity index (χ3n) is 4.53. The van der Waals surface area contributed by atoms with Gasteiger partial charge in [-0.15, -0.1) is 10.2 Å². The predicted molar refractivity (Wildman–Crippen MR) is 85.8 cm³/mol. The number of likely N-dealkylation sites (N-methyl/N-ethyl adjacent to an activating group) is 1. The summed E-state index contributed by atoms with van der Waals surface area (Å²) in [5, 5.41) is 8.39. The quantitative estimate of drug-likeness (QED) is 0.852. The van der Waals surface area contributed by atoms with Crippen molar-refractivity contribution in [3.05, 3.63) is 35.9 Å². The van der Waals surface area contributed by atoms with Gasteiger partial charge >= 0.3 is 0 Å². The molecule has 0 spiro atoms. The van der Waals surface area contributed by atoms with Gasteiger partial charge < -0.3 is 18.9 Å². The molecule has 24 heavy (non-hydrogen) atoms. The summed E-state index contributed by atoms with van der Waals surface area (Å²) in [4.78, 5) is 14.4. The van der Waals surface area contributed by atoms with Crippen molar-refractivity contribution < 1.29 is 14.3 Å². The highest BCUT2D eigenvalue weighted by Crippen LogP contribution is 2.33. The first-order valence-corrected chi connectivity index (χ1v) is 8.22. The van der Waals surface area contributed by atoms with Crippen LogP contribution in [0.4, 0.5) is 0 Å². The number of amides is 1. The standard InChI is InChI=1S/C17H20N4O3/c1-11-16(24-13-7-4-3-6-12(13)23-11)17(22)20(2)10-15-19-18-14-8-5-9-21(14)15/h3-4,6-7,11,16H,5,8-10H2,1-2H3. The highest BCUT2D eigenvalue weighted by atomic mass is 16.6. The number of aromatic nitrogens is 3. The molecule has 2 atom stereocenters. The summed E-state index contributed by atoms with van der Waals surface area (Å²) < 4.78 is 13.8. The fourth-order valence-corrected chi connectivity index (χ4v) is 3.23. The zero-order valence-electron chi connectivity index (χ0n) is 13.8. The first-order valence-electron chi connectivity index (χ1n) is 8.22. The number of carbonyl (C=O) groups excluding carboxylic acids is 1. The molecule has 0 bridgehead atoms. The smallest absolute Gasteiger partial charge is 0.267 e. The molecule has 1 aromatic heterocycles. The maximum atomic E-state index is 12.8. The Balaban J connectivity index is 1.49. The molecule has 126 valence electrons. The van der Waals surface area contributed by atoms with Crippen LogP contribution >= 0.6 is 0 Å². The Morgan fingerprint density at radius 1 is 1.29 bits per heavy atom. The van der Waals surface area contributed by atoms with E-state index in [4.69, 9.17) is 9.47 Å². The van der Waals surface area contributed by atoms with Crippen molar-refractivity contribution in [3.8, 4) is 11.5 Å². The molecular weight excluding hydrogens is 308 g/mol. The average molecular weight is 328 g/mol. The average Bonchev–Trinajstić information content (AvgIpc) is 3.18. The van der Waals surface area contributed by atoms with Crippen molar-refractivity contribution in [1.29, 1.82) is 0 Å². The molecule has 1 aromatic carbocycles. The van der Waals surface area contributed by atoms with Gasteiger partial charge in [0.1, 0.15) is 11.9 Å². The molecule has 0 N–H and O–H groups in total. The van der Waals surface area contributed by atoms with E-state index >= 15 is 0 Å². The molecular formula is C17H20N4O3. The van der Waals surface area contributed by atoms with Crippen LogP contribution < -0.4 is 9.47 Å². The molecule has 0 saturated heterocycles. The van der Waals surface area contributed by atoms with Crippen molar-refractivity contribution >= 4 is 5.91 Å². The van der Waals surface area contributed by atoms with Gasteiger partial charge in [0.05, 0.1) is 6.54 Å². The van der Waals surface area contributed by atoms with Crippen LogP contribution in [0, 0.1) is 0 Å². The van der Waals surface area contributed by atoms with E-state index in [0.29, 0.717) is 18.0 Å². The number of hydrogen-bond acceptors (Lipinski definition) is 5. The van der Waals surface area contributed by atoms with Gasteiger partial charge in [-0.05, 0) is 25.5 Å². The van der Waals surface area contributed by atoms with E-state index in [1.54, 1.807) is 11.9 Å². The number of hydrogen-bond donors (Lipinski definition) is 0. The molecule has 7 heteroatoms. The number of ether oxygens (including phenoxy) is 2. The number of rotatable bonds is 3. The number of carbonyl (C=O) groups is 1. The Morgan fingerprint density at radius 2 is 2.04 bits per heavy atom. The van der Waals surface area contributed by atoms with E-state index in [1.165, 1.54) is 0 Å². The summed E-state index contributed by atoms with van der Waals surface area (Å²) in [6.07, 6.45) is 1.03. The van der Waals surface area contributed by atoms with Crippen molar-refractivity contribution in [1.82, 2.24) is 19.7 Å². The monoisotopic (exact) mass is 328 g/mol. The molecule has 0 saturated carbocycles. The number of fused-ring (bicyclic) bond motifs is 2. The number of para-hydroxylation sites is 2. The molecule has 1 amide bonds. The van der Waals surface area contributed by atoms with Gasteiger partial charge in [0.2, 0.25) is 6.10 Å². The fourth-order valence-electron chi connectivity index (χ4n) is 3.23. The van der Waals surface area contributed by atoms with Crippen LogP contribution in [0.2, 0.25) is 0 Å². The van der Waals surface area contributed by atoms with Crippen LogP contribution in [-0.2, 0) is 24.3 Å². The lowest BCUT2D eigenvalue weighted by Gasteiger charge is -2.33. The lowest BCUT2D eigenvalue weighted by Crippen LogP contribution is -2.49. The number of nitrogens with zero attached hydrogens (tertiary/aromatic N) is 4. The zero-order valence-corrected chi connectivity index (χ0v) is 13.8. The Kier molecular flexibility index (Phi) is 3.63. The second kappa shape index (κ2) is 5.81. The Morgan fingerprint density at radius 3 is 2.83 bits per heavy atom. The van der Waals surface area contributed by atoms with Crippen LogP contribution in [-0.4, -0.2) is 44.8 Å². The molecule has 2 aliphatic heterocycles. The normalized spacial score (nSPS) is 21.4. The van der Waals surface area contributed by atoms with E-state index in [-0.39, 0.29) is 12.0 Å². The summed E-state index contributed by atoms with van der Waals surface area (Å²) in [6.45, 7) is 3.19. The van der Waals surface area contributed by atoms with Crippen molar-refractivity contribution in [2.45, 2.75) is 45.1 Å². The number of benzene rings is 1. The summed E-state index contributed by atoms with van der Waals surface area (Å²) >= 11 is 0. The molecule has 0 fully saturated rings. The molecule has 2 aromatic rings. The van der Waals surface area contributed by atoms with Gasteiger partial charge in [-0.1, -0.05) is 12.1 Å². The largest absolute Gasteiger partial charge is 0.482 e. The first-order chi connectivity index (χ1) is 11.6. The van der Waals surface area contributed by atoms with Crippen LogP contribution in [0.25, 0.3) is 0 Å². The van der Waals surface area contributed by atoms with Crippen LogP contribution in [0.3, 0.4) is 0 Å². The zero-order chi connectivity index (χ0) is 16.7. The van der Waals surface area contributed by atoms with Gasteiger partial charge in [-0.3, -0.25) is 4.79 Å².